The standard InChI is InChI=1S/C19H15FN4O/c1-12-7-14(3-4-17(12)20)19-16(9-15(25-2)10-21-19)13-5-6-24-18(8-13)22-11-23-24/h3-11H,1-2H3. The summed E-state index contributed by atoms with van der Waals surface area (Å²) in [6.45, 7) is 1.74. The highest BCUT2D eigenvalue weighted by molar-refractivity contribution is 5.82. The van der Waals surface area contributed by atoms with Crippen LogP contribution in [0.15, 0.2) is 55.1 Å². The number of aryl methyl sites for hydroxylation is 1. The van der Waals surface area contributed by atoms with Gasteiger partial charge in [-0.15, -0.1) is 0 Å². The van der Waals surface area contributed by atoms with Gasteiger partial charge in [-0.1, -0.05) is 0 Å². The zero-order valence-corrected chi connectivity index (χ0v) is 13.8. The second-order valence-corrected chi connectivity index (χ2v) is 5.71. The first-order valence-corrected chi connectivity index (χ1v) is 7.76. The average Bonchev–Trinajstić information content (AvgIpc) is 3.11. The van der Waals surface area contributed by atoms with Crippen LogP contribution in [0.2, 0.25) is 0 Å². The van der Waals surface area contributed by atoms with Crippen molar-refractivity contribution in [2.75, 3.05) is 7.11 Å². The third-order valence-corrected chi connectivity index (χ3v) is 4.12. The van der Waals surface area contributed by atoms with Gasteiger partial charge < -0.3 is 4.74 Å². The highest BCUT2D eigenvalue weighted by Crippen LogP contribution is 2.34. The van der Waals surface area contributed by atoms with Crippen molar-refractivity contribution in [1.29, 1.82) is 0 Å². The van der Waals surface area contributed by atoms with E-state index in [1.807, 2.05) is 24.4 Å². The predicted molar refractivity (Wildman–Crippen MR) is 92.9 cm³/mol. The lowest BCUT2D eigenvalue weighted by molar-refractivity contribution is 0.413. The first-order chi connectivity index (χ1) is 12.2. The van der Waals surface area contributed by atoms with Crippen molar-refractivity contribution >= 4 is 5.65 Å². The lowest BCUT2D eigenvalue weighted by Gasteiger charge is -2.12. The molecular formula is C19H15FN4O. The first kappa shape index (κ1) is 15.3. The molecule has 0 saturated heterocycles. The molecule has 0 N–H and O–H groups in total. The summed E-state index contributed by atoms with van der Waals surface area (Å²) in [5.41, 5.74) is 4.74. The molecule has 0 saturated carbocycles. The van der Waals surface area contributed by atoms with E-state index in [0.717, 1.165) is 28.0 Å². The molecule has 1 aromatic carbocycles. The number of aromatic nitrogens is 4. The van der Waals surface area contributed by atoms with Gasteiger partial charge in [0.05, 0.1) is 19.0 Å². The average molecular weight is 334 g/mol. The summed E-state index contributed by atoms with van der Waals surface area (Å²) >= 11 is 0. The number of methoxy groups -OCH3 is 1. The monoisotopic (exact) mass is 334 g/mol. The van der Waals surface area contributed by atoms with Gasteiger partial charge in [0.25, 0.3) is 0 Å². The van der Waals surface area contributed by atoms with Crippen molar-refractivity contribution in [3.63, 3.8) is 0 Å². The Morgan fingerprint density at radius 3 is 2.72 bits per heavy atom. The molecule has 0 spiro atoms. The minimum absolute atomic E-state index is 0.233. The van der Waals surface area contributed by atoms with Gasteiger partial charge in [0.15, 0.2) is 5.65 Å². The number of hydrogen-bond donors (Lipinski definition) is 0. The maximum atomic E-state index is 13.6. The number of halogens is 1. The fraction of sp³-hybridized carbons (Fsp3) is 0.105. The first-order valence-electron chi connectivity index (χ1n) is 7.76. The predicted octanol–water partition coefficient (Wildman–Crippen LogP) is 3.91. The Bertz CT molecular complexity index is 1070. The Hall–Kier alpha value is -3.28. The molecule has 4 rings (SSSR count). The Balaban J connectivity index is 1.93. The third-order valence-electron chi connectivity index (χ3n) is 4.12. The van der Waals surface area contributed by atoms with E-state index >= 15 is 0 Å². The third kappa shape index (κ3) is 2.71. The minimum atomic E-state index is -0.233. The molecule has 5 nitrogen and oxygen atoms in total. The number of hydrogen-bond acceptors (Lipinski definition) is 4. The molecule has 3 heterocycles. The number of nitrogens with zero attached hydrogens (tertiary/aromatic N) is 4. The van der Waals surface area contributed by atoms with Crippen molar-refractivity contribution in [3.05, 3.63) is 66.5 Å². The summed E-state index contributed by atoms with van der Waals surface area (Å²) in [6.07, 6.45) is 5.01. The van der Waals surface area contributed by atoms with Crippen LogP contribution in [0.3, 0.4) is 0 Å². The van der Waals surface area contributed by atoms with Crippen molar-refractivity contribution in [2.24, 2.45) is 0 Å². The van der Waals surface area contributed by atoms with Crippen LogP contribution < -0.4 is 4.74 Å². The second kappa shape index (κ2) is 5.98. The van der Waals surface area contributed by atoms with Crippen molar-refractivity contribution in [2.45, 2.75) is 6.92 Å². The van der Waals surface area contributed by atoms with Crippen molar-refractivity contribution in [1.82, 2.24) is 19.6 Å². The van der Waals surface area contributed by atoms with Crippen LogP contribution >= 0.6 is 0 Å². The number of pyridine rings is 2. The molecule has 0 bridgehead atoms. The Kier molecular flexibility index (Phi) is 3.65. The van der Waals surface area contributed by atoms with Crippen LogP contribution in [0.5, 0.6) is 5.75 Å². The smallest absolute Gasteiger partial charge is 0.155 e. The quantitative estimate of drug-likeness (QED) is 0.570. The summed E-state index contributed by atoms with van der Waals surface area (Å²) in [5, 5.41) is 4.11. The van der Waals surface area contributed by atoms with Crippen LogP contribution in [0.1, 0.15) is 5.56 Å². The SMILES string of the molecule is COc1cnc(-c2ccc(F)c(C)c2)c(-c2ccn3ncnc3c2)c1. The Morgan fingerprint density at radius 2 is 1.92 bits per heavy atom. The maximum Gasteiger partial charge on any atom is 0.155 e. The normalized spacial score (nSPS) is 11.0. The van der Waals surface area contributed by atoms with Gasteiger partial charge in [0, 0.05) is 17.3 Å². The van der Waals surface area contributed by atoms with Gasteiger partial charge in [-0.25, -0.2) is 13.9 Å². The summed E-state index contributed by atoms with van der Waals surface area (Å²) in [7, 11) is 1.60. The molecule has 0 atom stereocenters. The van der Waals surface area contributed by atoms with Gasteiger partial charge in [-0.3, -0.25) is 4.98 Å². The summed E-state index contributed by atoms with van der Waals surface area (Å²) in [5.74, 6) is 0.419. The maximum absolute atomic E-state index is 13.6. The zero-order chi connectivity index (χ0) is 17.4. The molecule has 6 heteroatoms. The highest BCUT2D eigenvalue weighted by Gasteiger charge is 2.13. The van der Waals surface area contributed by atoms with Crippen LogP contribution in [0, 0.1) is 12.7 Å². The number of rotatable bonds is 3. The number of ether oxygens (including phenoxy) is 1. The largest absolute Gasteiger partial charge is 0.495 e. The Labute approximate surface area is 143 Å². The van der Waals surface area contributed by atoms with Gasteiger partial charge in [-0.05, 0) is 54.4 Å². The second-order valence-electron chi connectivity index (χ2n) is 5.71. The minimum Gasteiger partial charge on any atom is -0.495 e. The van der Waals surface area contributed by atoms with Crippen LogP contribution in [-0.4, -0.2) is 26.7 Å². The van der Waals surface area contributed by atoms with E-state index in [1.54, 1.807) is 36.9 Å². The van der Waals surface area contributed by atoms with Crippen molar-refractivity contribution < 1.29 is 9.13 Å². The fourth-order valence-corrected chi connectivity index (χ4v) is 2.78. The summed E-state index contributed by atoms with van der Waals surface area (Å²) in [4.78, 5) is 8.77. The molecule has 0 amide bonds. The van der Waals surface area contributed by atoms with E-state index in [9.17, 15) is 4.39 Å². The topological polar surface area (TPSA) is 52.3 Å². The van der Waals surface area contributed by atoms with Crippen LogP contribution in [-0.2, 0) is 0 Å². The lowest BCUT2D eigenvalue weighted by atomic mass is 9.98. The Morgan fingerprint density at radius 1 is 1.04 bits per heavy atom. The van der Waals surface area contributed by atoms with E-state index in [0.29, 0.717) is 11.3 Å². The fourth-order valence-electron chi connectivity index (χ4n) is 2.78. The van der Waals surface area contributed by atoms with Gasteiger partial charge >= 0.3 is 0 Å². The summed E-state index contributed by atoms with van der Waals surface area (Å²) in [6, 6.07) is 10.8. The van der Waals surface area contributed by atoms with E-state index < -0.39 is 0 Å². The molecule has 0 aliphatic rings. The van der Waals surface area contributed by atoms with Gasteiger partial charge in [-0.2, -0.15) is 5.10 Å². The molecule has 0 radical (unpaired) electrons. The molecule has 124 valence electrons. The van der Waals surface area contributed by atoms with E-state index in [4.69, 9.17) is 4.74 Å². The molecule has 4 aromatic rings. The number of benzene rings is 1. The summed E-state index contributed by atoms with van der Waals surface area (Å²) < 4.78 is 20.7. The molecule has 25 heavy (non-hydrogen) atoms. The van der Waals surface area contributed by atoms with Crippen LogP contribution in [0.4, 0.5) is 4.39 Å². The molecule has 0 fully saturated rings. The molecule has 3 aromatic heterocycles. The molecule has 0 aliphatic heterocycles. The lowest BCUT2D eigenvalue weighted by Crippen LogP contribution is -1.95. The van der Waals surface area contributed by atoms with Crippen molar-refractivity contribution in [3.8, 4) is 28.1 Å². The van der Waals surface area contributed by atoms with E-state index in [1.165, 1.54) is 12.4 Å². The van der Waals surface area contributed by atoms with E-state index in [2.05, 4.69) is 15.1 Å². The number of fused-ring (bicyclic) bond motifs is 1. The van der Waals surface area contributed by atoms with Gasteiger partial charge in [0.1, 0.15) is 17.9 Å². The molecule has 0 unspecified atom stereocenters. The molecular weight excluding hydrogens is 319 g/mol. The van der Waals surface area contributed by atoms with Crippen LogP contribution in [0.25, 0.3) is 28.0 Å². The highest BCUT2D eigenvalue weighted by atomic mass is 19.1. The van der Waals surface area contributed by atoms with Gasteiger partial charge in [0.2, 0.25) is 0 Å². The van der Waals surface area contributed by atoms with E-state index in [-0.39, 0.29) is 5.82 Å². The zero-order valence-electron chi connectivity index (χ0n) is 13.8. The molecule has 0 aliphatic carbocycles.